The summed E-state index contributed by atoms with van der Waals surface area (Å²) in [5.74, 6) is 0.705. The lowest BCUT2D eigenvalue weighted by Crippen LogP contribution is -2.54. The number of ketones is 1. The molecule has 3 heteroatoms. The van der Waals surface area contributed by atoms with E-state index in [0.29, 0.717) is 24.7 Å². The zero-order valence-corrected chi connectivity index (χ0v) is 15.8. The van der Waals surface area contributed by atoms with E-state index < -0.39 is 14.5 Å². The quantitative estimate of drug-likeness (QED) is 0.772. The normalized spacial score (nSPS) is 26.5. The number of carbonyl (C=O) groups is 1. The van der Waals surface area contributed by atoms with Crippen molar-refractivity contribution in [2.75, 3.05) is 6.61 Å². The molecule has 2 unspecified atom stereocenters. The molecule has 1 aromatic rings. The Labute approximate surface area is 137 Å². The van der Waals surface area contributed by atoms with Crippen molar-refractivity contribution in [1.29, 1.82) is 0 Å². The first-order chi connectivity index (χ1) is 10.3. The van der Waals surface area contributed by atoms with Crippen molar-refractivity contribution in [3.05, 3.63) is 35.9 Å². The van der Waals surface area contributed by atoms with E-state index in [-0.39, 0.29) is 5.41 Å². The van der Waals surface area contributed by atoms with E-state index in [1.165, 1.54) is 0 Å². The van der Waals surface area contributed by atoms with Crippen LogP contribution in [0.2, 0.25) is 13.1 Å². The lowest BCUT2D eigenvalue weighted by Gasteiger charge is -2.49. The molecule has 22 heavy (non-hydrogen) atoms. The average Bonchev–Trinajstić information content (AvgIpc) is 2.46. The van der Waals surface area contributed by atoms with Gasteiger partial charge < -0.3 is 4.43 Å². The highest BCUT2D eigenvalue weighted by Gasteiger charge is 2.52. The molecule has 1 aliphatic carbocycles. The van der Waals surface area contributed by atoms with Crippen molar-refractivity contribution in [2.45, 2.75) is 58.5 Å². The molecule has 0 heterocycles. The summed E-state index contributed by atoms with van der Waals surface area (Å²) in [5.41, 5.74) is 0.775. The van der Waals surface area contributed by atoms with Crippen LogP contribution >= 0.6 is 0 Å². The third-order valence-electron chi connectivity index (χ3n) is 4.97. The predicted octanol–water partition coefficient (Wildman–Crippen LogP) is 4.34. The summed E-state index contributed by atoms with van der Waals surface area (Å²) in [4.78, 5) is 13.1. The fourth-order valence-corrected chi connectivity index (χ4v) is 4.56. The van der Waals surface area contributed by atoms with Gasteiger partial charge in [-0.3, -0.25) is 4.79 Å². The van der Waals surface area contributed by atoms with Crippen molar-refractivity contribution in [3.63, 3.8) is 0 Å². The average molecular weight is 319 g/mol. The van der Waals surface area contributed by atoms with Gasteiger partial charge in [0.15, 0.2) is 9.04 Å². The smallest absolute Gasteiger partial charge is 0.170 e. The van der Waals surface area contributed by atoms with E-state index >= 15 is 0 Å². The summed E-state index contributed by atoms with van der Waals surface area (Å²) in [6.07, 6.45) is 2.80. The van der Waals surface area contributed by atoms with Crippen LogP contribution in [-0.2, 0) is 14.6 Å². The van der Waals surface area contributed by atoms with Crippen molar-refractivity contribution in [1.82, 2.24) is 0 Å². The lowest BCUT2D eigenvalue weighted by atomic mass is 9.55. The monoisotopic (exact) mass is 318 g/mol. The van der Waals surface area contributed by atoms with Crippen LogP contribution in [0, 0.1) is 11.3 Å². The maximum Gasteiger partial charge on any atom is 0.170 e. The summed E-state index contributed by atoms with van der Waals surface area (Å²) in [5, 5.41) is 0. The molecule has 0 spiro atoms. The van der Waals surface area contributed by atoms with Gasteiger partial charge in [0.2, 0.25) is 0 Å². The van der Waals surface area contributed by atoms with Crippen molar-refractivity contribution >= 4 is 14.8 Å². The van der Waals surface area contributed by atoms with Gasteiger partial charge >= 0.3 is 0 Å². The molecule has 0 amide bonds. The highest BCUT2D eigenvalue weighted by molar-refractivity contribution is 6.48. The highest BCUT2D eigenvalue weighted by Crippen LogP contribution is 2.49. The molecule has 1 fully saturated rings. The Hall–Kier alpha value is -0.933. The number of hydrogen-bond donors (Lipinski definition) is 0. The van der Waals surface area contributed by atoms with Crippen LogP contribution in [-0.4, -0.2) is 21.4 Å². The number of Topliss-reactive ketones (excluding diaryl/α,β-unsaturated/α-hetero) is 1. The molecular formula is C19H30O2Si. The molecule has 122 valence electrons. The SMILES string of the molecule is C[SiH](C)OCC1(c2ccccc2)C(=O)CCCC1C(C)(C)C. The molecule has 2 nitrogen and oxygen atoms in total. The minimum Gasteiger partial charge on any atom is -0.419 e. The number of rotatable bonds is 4. The first-order valence-electron chi connectivity index (χ1n) is 8.49. The van der Waals surface area contributed by atoms with Crippen LogP contribution < -0.4 is 0 Å². The molecule has 1 aromatic carbocycles. The largest absolute Gasteiger partial charge is 0.419 e. The molecule has 0 aliphatic heterocycles. The van der Waals surface area contributed by atoms with Gasteiger partial charge in [0.1, 0.15) is 5.78 Å². The summed E-state index contributed by atoms with van der Waals surface area (Å²) < 4.78 is 6.15. The topological polar surface area (TPSA) is 26.3 Å². The molecule has 2 rings (SSSR count). The zero-order chi connectivity index (χ0) is 16.4. The second-order valence-corrected chi connectivity index (χ2v) is 10.4. The fraction of sp³-hybridized carbons (Fsp3) is 0.632. The van der Waals surface area contributed by atoms with E-state index in [0.717, 1.165) is 18.4 Å². The summed E-state index contributed by atoms with van der Waals surface area (Å²) >= 11 is 0. The van der Waals surface area contributed by atoms with Crippen LogP contribution in [0.3, 0.4) is 0 Å². The van der Waals surface area contributed by atoms with Gasteiger partial charge in [-0.2, -0.15) is 0 Å². The maximum absolute atomic E-state index is 13.1. The van der Waals surface area contributed by atoms with Gasteiger partial charge in [-0.15, -0.1) is 0 Å². The molecule has 0 bridgehead atoms. The van der Waals surface area contributed by atoms with Gasteiger partial charge in [0.05, 0.1) is 12.0 Å². The van der Waals surface area contributed by atoms with Crippen LogP contribution in [0.1, 0.15) is 45.6 Å². The Balaban J connectivity index is 2.54. The first-order valence-corrected chi connectivity index (χ1v) is 11.3. The second-order valence-electron chi connectivity index (χ2n) is 7.93. The van der Waals surface area contributed by atoms with Crippen molar-refractivity contribution < 1.29 is 9.22 Å². The third-order valence-corrected chi connectivity index (χ3v) is 5.80. The molecule has 0 N–H and O–H groups in total. The van der Waals surface area contributed by atoms with Crippen LogP contribution in [0.5, 0.6) is 0 Å². The van der Waals surface area contributed by atoms with Crippen LogP contribution in [0.4, 0.5) is 0 Å². The summed E-state index contributed by atoms with van der Waals surface area (Å²) in [6, 6.07) is 10.4. The van der Waals surface area contributed by atoms with E-state index in [1.807, 2.05) is 18.2 Å². The zero-order valence-electron chi connectivity index (χ0n) is 14.7. The third kappa shape index (κ3) is 3.36. The van der Waals surface area contributed by atoms with Crippen LogP contribution in [0.15, 0.2) is 30.3 Å². The molecule has 1 aliphatic rings. The van der Waals surface area contributed by atoms with Crippen molar-refractivity contribution in [3.8, 4) is 0 Å². The van der Waals surface area contributed by atoms with Crippen LogP contribution in [0.25, 0.3) is 0 Å². The van der Waals surface area contributed by atoms with E-state index in [2.05, 4.69) is 46.0 Å². The molecule has 1 saturated carbocycles. The number of hydrogen-bond acceptors (Lipinski definition) is 2. The van der Waals surface area contributed by atoms with Gasteiger partial charge in [-0.25, -0.2) is 0 Å². The predicted molar refractivity (Wildman–Crippen MR) is 94.8 cm³/mol. The Morgan fingerprint density at radius 1 is 1.23 bits per heavy atom. The number of benzene rings is 1. The summed E-state index contributed by atoms with van der Waals surface area (Å²) in [7, 11) is -1.17. The maximum atomic E-state index is 13.1. The molecular weight excluding hydrogens is 288 g/mol. The first kappa shape index (κ1) is 17.4. The van der Waals surface area contributed by atoms with Crippen molar-refractivity contribution in [2.24, 2.45) is 11.3 Å². The minimum absolute atomic E-state index is 0.0911. The Kier molecular flexibility index (Phi) is 5.28. The fourth-order valence-electron chi connectivity index (χ4n) is 3.96. The van der Waals surface area contributed by atoms with E-state index in [1.54, 1.807) is 0 Å². The molecule has 0 saturated heterocycles. The summed E-state index contributed by atoms with van der Waals surface area (Å²) in [6.45, 7) is 11.7. The van der Waals surface area contributed by atoms with Gasteiger partial charge in [-0.05, 0) is 42.8 Å². The standard InChI is InChI=1S/C19H30O2Si/c1-18(2,3)16-12-9-13-17(20)19(16,14-21-22(4)5)15-10-7-6-8-11-15/h6-8,10-11,16,22H,9,12-14H2,1-5H3. The van der Waals surface area contributed by atoms with E-state index in [4.69, 9.17) is 4.43 Å². The molecule has 2 atom stereocenters. The highest BCUT2D eigenvalue weighted by atomic mass is 28.3. The Bertz CT molecular complexity index is 504. The number of carbonyl (C=O) groups excluding carboxylic acids is 1. The minimum atomic E-state index is -1.17. The van der Waals surface area contributed by atoms with Gasteiger partial charge in [0.25, 0.3) is 0 Å². The lowest BCUT2D eigenvalue weighted by molar-refractivity contribution is -0.134. The van der Waals surface area contributed by atoms with Gasteiger partial charge in [0, 0.05) is 6.42 Å². The Morgan fingerprint density at radius 3 is 2.41 bits per heavy atom. The van der Waals surface area contributed by atoms with E-state index in [9.17, 15) is 4.79 Å². The van der Waals surface area contributed by atoms with Gasteiger partial charge in [-0.1, -0.05) is 51.1 Å². The molecule has 0 radical (unpaired) electrons. The Morgan fingerprint density at radius 2 is 1.86 bits per heavy atom. The second kappa shape index (κ2) is 6.67. The molecule has 0 aromatic heterocycles.